The van der Waals surface area contributed by atoms with Gasteiger partial charge in [0.25, 0.3) is 0 Å². The molecule has 0 atom stereocenters. The van der Waals surface area contributed by atoms with Gasteiger partial charge >= 0.3 is 6.18 Å². The first kappa shape index (κ1) is 8.26. The van der Waals surface area contributed by atoms with Crippen LogP contribution in [0.15, 0.2) is 12.1 Å². The molecule has 0 aliphatic carbocycles. The van der Waals surface area contributed by atoms with Crippen molar-refractivity contribution in [3.8, 4) is 0 Å². The van der Waals surface area contributed by atoms with Gasteiger partial charge in [0, 0.05) is 0 Å². The van der Waals surface area contributed by atoms with Gasteiger partial charge in [0.05, 0.1) is 4.88 Å². The molecule has 5 heteroatoms. The van der Waals surface area contributed by atoms with Gasteiger partial charge in [0.1, 0.15) is 4.88 Å². The van der Waals surface area contributed by atoms with E-state index in [4.69, 9.17) is 0 Å². The summed E-state index contributed by atoms with van der Waals surface area (Å²) in [6, 6.07) is 1.96. The van der Waals surface area contributed by atoms with Gasteiger partial charge in [-0.2, -0.15) is 13.2 Å². The summed E-state index contributed by atoms with van der Waals surface area (Å²) in [7, 11) is 0. The van der Waals surface area contributed by atoms with Crippen molar-refractivity contribution in [3.05, 3.63) is 21.9 Å². The summed E-state index contributed by atoms with van der Waals surface area (Å²) in [5, 5.41) is 0. The fraction of sp³-hybridized carbons (Fsp3) is 0.167. The number of carbonyl (C=O) groups excluding carboxylic acids is 1. The van der Waals surface area contributed by atoms with E-state index < -0.39 is 11.1 Å². The van der Waals surface area contributed by atoms with Crippen molar-refractivity contribution in [2.75, 3.05) is 0 Å². The highest BCUT2D eigenvalue weighted by Gasteiger charge is 2.32. The summed E-state index contributed by atoms with van der Waals surface area (Å²) in [5.74, 6) is 0. The second-order valence-corrected chi connectivity index (χ2v) is 2.85. The Labute approximate surface area is 64.5 Å². The highest BCUT2D eigenvalue weighted by atomic mass is 32.1. The molecule has 1 aromatic heterocycles. The second kappa shape index (κ2) is 2.65. The topological polar surface area (TPSA) is 17.1 Å². The van der Waals surface area contributed by atoms with Crippen LogP contribution in [0.4, 0.5) is 13.2 Å². The van der Waals surface area contributed by atoms with Crippen LogP contribution in [0.2, 0.25) is 0 Å². The van der Waals surface area contributed by atoms with Crippen LogP contribution in [0.25, 0.3) is 0 Å². The molecular weight excluding hydrogens is 177 g/mol. The molecular formula is C6H2F3OS. The quantitative estimate of drug-likeness (QED) is 0.646. The third kappa shape index (κ3) is 1.80. The summed E-state index contributed by atoms with van der Waals surface area (Å²) >= 11 is 0.391. The van der Waals surface area contributed by atoms with Gasteiger partial charge in [-0.05, 0) is 12.1 Å². The highest BCUT2D eigenvalue weighted by molar-refractivity contribution is 7.13. The largest absolute Gasteiger partial charge is 0.425 e. The SMILES string of the molecule is O=[C]c1ccc(C(F)(F)F)s1. The molecule has 0 fully saturated rings. The summed E-state index contributed by atoms with van der Waals surface area (Å²) in [6.45, 7) is 0. The lowest BCUT2D eigenvalue weighted by atomic mass is 10.4. The number of hydrogen-bond donors (Lipinski definition) is 0. The van der Waals surface area contributed by atoms with E-state index in [1.54, 1.807) is 0 Å². The van der Waals surface area contributed by atoms with Gasteiger partial charge < -0.3 is 0 Å². The van der Waals surface area contributed by atoms with Gasteiger partial charge in [-0.1, -0.05) is 0 Å². The smallest absolute Gasteiger partial charge is 0.284 e. The molecule has 0 aliphatic heterocycles. The molecule has 59 valence electrons. The number of thiophene rings is 1. The molecule has 0 saturated carbocycles. The third-order valence-corrected chi connectivity index (χ3v) is 2.01. The van der Waals surface area contributed by atoms with Crippen molar-refractivity contribution in [3.63, 3.8) is 0 Å². The highest BCUT2D eigenvalue weighted by Crippen LogP contribution is 2.33. The van der Waals surface area contributed by atoms with Gasteiger partial charge in [0.15, 0.2) is 0 Å². The van der Waals surface area contributed by atoms with E-state index in [0.29, 0.717) is 11.3 Å². The van der Waals surface area contributed by atoms with Crippen LogP contribution in [-0.2, 0) is 11.0 Å². The van der Waals surface area contributed by atoms with Gasteiger partial charge in [-0.3, -0.25) is 4.79 Å². The summed E-state index contributed by atoms with van der Waals surface area (Å²) < 4.78 is 35.5. The Bertz CT molecular complexity index is 263. The monoisotopic (exact) mass is 179 g/mol. The molecule has 0 aliphatic rings. The van der Waals surface area contributed by atoms with Gasteiger partial charge in [-0.25, -0.2) is 0 Å². The van der Waals surface area contributed by atoms with Gasteiger partial charge in [0.2, 0.25) is 6.29 Å². The Morgan fingerprint density at radius 1 is 1.36 bits per heavy atom. The molecule has 0 aromatic carbocycles. The zero-order valence-electron chi connectivity index (χ0n) is 5.11. The number of hydrogen-bond acceptors (Lipinski definition) is 2. The maximum Gasteiger partial charge on any atom is 0.425 e. The van der Waals surface area contributed by atoms with Gasteiger partial charge in [-0.15, -0.1) is 11.3 Å². The molecule has 0 bridgehead atoms. The molecule has 0 spiro atoms. The van der Waals surface area contributed by atoms with Crippen LogP contribution in [0.5, 0.6) is 0 Å². The number of rotatable bonds is 1. The average molecular weight is 179 g/mol. The maximum atomic E-state index is 11.8. The van der Waals surface area contributed by atoms with E-state index in [9.17, 15) is 18.0 Å². The predicted molar refractivity (Wildman–Crippen MR) is 34.1 cm³/mol. The lowest BCUT2D eigenvalue weighted by molar-refractivity contribution is -0.134. The van der Waals surface area contributed by atoms with Crippen molar-refractivity contribution in [2.45, 2.75) is 6.18 Å². The molecule has 1 heterocycles. The van der Waals surface area contributed by atoms with E-state index in [0.717, 1.165) is 12.1 Å². The molecule has 0 unspecified atom stereocenters. The molecule has 1 rings (SSSR count). The minimum absolute atomic E-state index is 0.0303. The zero-order valence-corrected chi connectivity index (χ0v) is 5.92. The first-order valence-corrected chi connectivity index (χ1v) is 3.41. The zero-order chi connectivity index (χ0) is 8.48. The number of halogens is 3. The van der Waals surface area contributed by atoms with E-state index >= 15 is 0 Å². The Hall–Kier alpha value is -0.840. The first-order chi connectivity index (χ1) is 5.04. The Morgan fingerprint density at radius 2 is 2.00 bits per heavy atom. The summed E-state index contributed by atoms with van der Waals surface area (Å²) in [6.07, 6.45) is -2.96. The van der Waals surface area contributed by atoms with E-state index in [1.807, 2.05) is 0 Å². The fourth-order valence-corrected chi connectivity index (χ4v) is 1.21. The molecule has 0 N–H and O–H groups in total. The van der Waals surface area contributed by atoms with Crippen LogP contribution in [0.1, 0.15) is 9.75 Å². The molecule has 1 aromatic rings. The first-order valence-electron chi connectivity index (χ1n) is 2.59. The fourth-order valence-electron chi connectivity index (χ4n) is 0.545. The van der Waals surface area contributed by atoms with Crippen molar-refractivity contribution in [1.29, 1.82) is 0 Å². The van der Waals surface area contributed by atoms with Crippen LogP contribution in [-0.4, -0.2) is 6.29 Å². The van der Waals surface area contributed by atoms with Crippen molar-refractivity contribution >= 4 is 17.6 Å². The molecule has 11 heavy (non-hydrogen) atoms. The van der Waals surface area contributed by atoms with Crippen molar-refractivity contribution < 1.29 is 18.0 Å². The maximum absolute atomic E-state index is 11.8. The Balaban J connectivity index is 2.98. The minimum Gasteiger partial charge on any atom is -0.284 e. The number of alkyl halides is 3. The Morgan fingerprint density at radius 3 is 2.27 bits per heavy atom. The lowest BCUT2D eigenvalue weighted by Gasteiger charge is -1.99. The van der Waals surface area contributed by atoms with E-state index in [1.165, 1.54) is 6.29 Å². The second-order valence-electron chi connectivity index (χ2n) is 1.76. The molecule has 0 amide bonds. The average Bonchev–Trinajstić information content (AvgIpc) is 2.32. The van der Waals surface area contributed by atoms with E-state index in [2.05, 4.69) is 0 Å². The predicted octanol–water partition coefficient (Wildman–Crippen LogP) is 2.22. The van der Waals surface area contributed by atoms with E-state index in [-0.39, 0.29) is 4.88 Å². The van der Waals surface area contributed by atoms with Crippen LogP contribution < -0.4 is 0 Å². The lowest BCUT2D eigenvalue weighted by Crippen LogP contribution is -2.00. The Kier molecular flexibility index (Phi) is 1.99. The molecule has 1 radical (unpaired) electrons. The minimum atomic E-state index is -4.35. The summed E-state index contributed by atoms with van der Waals surface area (Å²) in [5.41, 5.74) is 0. The van der Waals surface area contributed by atoms with Crippen molar-refractivity contribution in [1.82, 2.24) is 0 Å². The summed E-state index contributed by atoms with van der Waals surface area (Å²) in [4.78, 5) is 9.07. The third-order valence-electron chi connectivity index (χ3n) is 0.986. The standard InChI is InChI=1S/C6H2F3OS/c7-6(8,9)5-2-1-4(3-10)11-5/h1-2H. The normalized spacial score (nSPS) is 11.5. The van der Waals surface area contributed by atoms with Crippen molar-refractivity contribution in [2.24, 2.45) is 0 Å². The van der Waals surface area contributed by atoms with Crippen LogP contribution >= 0.6 is 11.3 Å². The molecule has 1 nitrogen and oxygen atoms in total. The molecule has 0 saturated heterocycles. The van der Waals surface area contributed by atoms with Crippen LogP contribution in [0.3, 0.4) is 0 Å². The van der Waals surface area contributed by atoms with Crippen LogP contribution in [0, 0.1) is 0 Å².